The molecule has 2 amide bonds. The van der Waals surface area contributed by atoms with Gasteiger partial charge in [0.2, 0.25) is 5.91 Å². The molecular formula is C34H37Cl2N3O7. The smallest absolute Gasteiger partial charge is 0.414 e. The average molecular weight is 671 g/mol. The maximum absolute atomic E-state index is 13.4. The zero-order valence-electron chi connectivity index (χ0n) is 25.5. The van der Waals surface area contributed by atoms with Gasteiger partial charge >= 0.3 is 11.9 Å². The van der Waals surface area contributed by atoms with E-state index in [1.165, 1.54) is 0 Å². The molecule has 12 heteroatoms. The van der Waals surface area contributed by atoms with Crippen LogP contribution in [0.15, 0.2) is 72.8 Å². The van der Waals surface area contributed by atoms with Gasteiger partial charge in [0.05, 0.1) is 22.6 Å². The molecule has 10 nitrogen and oxygen atoms in total. The summed E-state index contributed by atoms with van der Waals surface area (Å²) in [6.45, 7) is 3.66. The summed E-state index contributed by atoms with van der Waals surface area (Å²) in [4.78, 5) is 48.6. The largest absolute Gasteiger partial charge is 0.497 e. The van der Waals surface area contributed by atoms with Crippen LogP contribution in [0.25, 0.3) is 0 Å². The lowest BCUT2D eigenvalue weighted by Gasteiger charge is -2.41. The minimum atomic E-state index is -1.82. The van der Waals surface area contributed by atoms with E-state index in [2.05, 4.69) is 4.90 Å². The second-order valence-corrected chi connectivity index (χ2v) is 12.4. The molecule has 2 fully saturated rings. The van der Waals surface area contributed by atoms with E-state index < -0.39 is 17.4 Å². The van der Waals surface area contributed by atoms with Crippen LogP contribution >= 0.6 is 23.2 Å². The van der Waals surface area contributed by atoms with Gasteiger partial charge < -0.3 is 30.5 Å². The number of likely N-dealkylation sites (tertiary alicyclic amines) is 2. The van der Waals surface area contributed by atoms with Gasteiger partial charge in [0, 0.05) is 24.1 Å². The topological polar surface area (TPSA) is 150 Å². The Labute approximate surface area is 277 Å². The number of nitrogens with two attached hydrogens (primary N) is 1. The van der Waals surface area contributed by atoms with E-state index in [-0.39, 0.29) is 17.2 Å². The monoisotopic (exact) mass is 669 g/mol. The summed E-state index contributed by atoms with van der Waals surface area (Å²) in [6.07, 6.45) is 3.06. The Balaban J connectivity index is 0.000000731. The van der Waals surface area contributed by atoms with Gasteiger partial charge in [0.15, 0.2) is 0 Å². The summed E-state index contributed by atoms with van der Waals surface area (Å²) in [7, 11) is 1.61. The highest BCUT2D eigenvalue weighted by molar-refractivity contribution is 6.42. The Morgan fingerprint density at radius 1 is 0.826 bits per heavy atom. The molecule has 2 aliphatic heterocycles. The summed E-state index contributed by atoms with van der Waals surface area (Å²) in [5.74, 6) is -3.17. The van der Waals surface area contributed by atoms with Crippen LogP contribution in [0.1, 0.15) is 47.2 Å². The fourth-order valence-corrected chi connectivity index (χ4v) is 6.64. The van der Waals surface area contributed by atoms with Gasteiger partial charge in [-0.15, -0.1) is 0 Å². The van der Waals surface area contributed by atoms with Gasteiger partial charge in [0.25, 0.3) is 5.91 Å². The average Bonchev–Trinajstić information content (AvgIpc) is 3.51. The Kier molecular flexibility index (Phi) is 11.3. The number of rotatable bonds is 8. The van der Waals surface area contributed by atoms with E-state index in [1.807, 2.05) is 77.7 Å². The van der Waals surface area contributed by atoms with Gasteiger partial charge in [-0.05, 0) is 92.8 Å². The number of carbonyl (C=O) groups excluding carboxylic acids is 2. The fourth-order valence-electron chi connectivity index (χ4n) is 6.34. The maximum Gasteiger partial charge on any atom is 0.414 e. The van der Waals surface area contributed by atoms with Crippen molar-refractivity contribution >= 4 is 47.0 Å². The van der Waals surface area contributed by atoms with Crippen LogP contribution in [0.2, 0.25) is 10.0 Å². The minimum Gasteiger partial charge on any atom is -0.497 e. The summed E-state index contributed by atoms with van der Waals surface area (Å²) in [5, 5.41) is 15.8. The predicted octanol–water partition coefficient (Wildman–Crippen LogP) is 4.85. The third kappa shape index (κ3) is 7.81. The molecule has 1 atom stereocenters. The molecule has 0 aromatic heterocycles. The van der Waals surface area contributed by atoms with E-state index in [0.717, 1.165) is 49.4 Å². The predicted molar refractivity (Wildman–Crippen MR) is 175 cm³/mol. The molecule has 3 aromatic carbocycles. The number of carboxylic acid groups (broad SMARTS) is 2. The number of aliphatic carboxylic acids is 2. The van der Waals surface area contributed by atoms with E-state index >= 15 is 0 Å². The van der Waals surface area contributed by atoms with Crippen molar-refractivity contribution in [3.8, 4) is 5.75 Å². The number of methoxy groups -OCH3 is 1. The van der Waals surface area contributed by atoms with Gasteiger partial charge in [-0.1, -0.05) is 59.6 Å². The van der Waals surface area contributed by atoms with E-state index in [9.17, 15) is 9.59 Å². The molecule has 5 rings (SSSR count). The summed E-state index contributed by atoms with van der Waals surface area (Å²) in [6, 6.07) is 23.0. The number of amides is 2. The molecular weight excluding hydrogens is 633 g/mol. The number of hydrogen-bond donors (Lipinski definition) is 3. The Morgan fingerprint density at radius 3 is 2.00 bits per heavy atom. The van der Waals surface area contributed by atoms with E-state index in [1.54, 1.807) is 7.11 Å². The van der Waals surface area contributed by atoms with Crippen molar-refractivity contribution in [3.63, 3.8) is 0 Å². The first-order valence-corrected chi connectivity index (χ1v) is 15.6. The van der Waals surface area contributed by atoms with Crippen molar-refractivity contribution in [2.24, 2.45) is 5.73 Å². The lowest BCUT2D eigenvalue weighted by atomic mass is 9.71. The van der Waals surface area contributed by atoms with Crippen LogP contribution in [0.4, 0.5) is 0 Å². The minimum absolute atomic E-state index is 0.0108. The van der Waals surface area contributed by atoms with Crippen LogP contribution in [-0.4, -0.2) is 83.6 Å². The number of primary amides is 1. The van der Waals surface area contributed by atoms with Crippen molar-refractivity contribution in [1.82, 2.24) is 9.80 Å². The standard InChI is InChI=1S/C32H35Cl2N3O3.C2H2O4/c1-40-26-10-7-23(8-11-26)29(38)37-20-14-31(22-37,25-9-12-27(33)28(34)21-25)13-17-36-18-15-32(16-19-36,30(35)39)24-5-3-2-4-6-24;3-1(4)2(5)6/h2-12,21H,13-20,22H2,1H3,(H2,35,39);(H,3,4)(H,5,6)/t31-;/m0./s1. The van der Waals surface area contributed by atoms with Gasteiger partial charge in [-0.2, -0.15) is 0 Å². The van der Waals surface area contributed by atoms with Gasteiger partial charge in [-0.25, -0.2) is 9.59 Å². The zero-order chi connectivity index (χ0) is 33.5. The number of carboxylic acids is 2. The number of nitrogens with zero attached hydrogens (tertiary/aromatic N) is 2. The molecule has 2 saturated heterocycles. The van der Waals surface area contributed by atoms with Gasteiger partial charge in [-0.3, -0.25) is 9.59 Å². The Morgan fingerprint density at radius 2 is 1.46 bits per heavy atom. The van der Waals surface area contributed by atoms with Crippen LogP contribution in [0, 0.1) is 0 Å². The quantitative estimate of drug-likeness (QED) is 0.288. The molecule has 0 saturated carbocycles. The van der Waals surface area contributed by atoms with Crippen molar-refractivity contribution in [2.75, 3.05) is 39.8 Å². The second kappa shape index (κ2) is 15.0. The Hall–Kier alpha value is -4.12. The first-order chi connectivity index (χ1) is 21.9. The second-order valence-electron chi connectivity index (χ2n) is 11.6. The molecule has 0 radical (unpaired) electrons. The van der Waals surface area contributed by atoms with Crippen LogP contribution in [0.3, 0.4) is 0 Å². The first kappa shape index (κ1) is 34.7. The zero-order valence-corrected chi connectivity index (χ0v) is 27.0. The molecule has 0 spiro atoms. The van der Waals surface area contributed by atoms with E-state index in [0.29, 0.717) is 41.5 Å². The molecule has 244 valence electrons. The number of piperidine rings is 1. The molecule has 0 aliphatic carbocycles. The van der Waals surface area contributed by atoms with Crippen molar-refractivity contribution in [2.45, 2.75) is 36.5 Å². The molecule has 0 unspecified atom stereocenters. The molecule has 2 aliphatic rings. The highest BCUT2D eigenvalue weighted by Gasteiger charge is 2.44. The number of hydrogen-bond acceptors (Lipinski definition) is 6. The normalized spacial score (nSPS) is 19.1. The number of halogens is 2. The number of benzene rings is 3. The Bertz CT molecular complexity index is 1550. The van der Waals surface area contributed by atoms with Crippen molar-refractivity contribution < 1.29 is 34.1 Å². The van der Waals surface area contributed by atoms with Crippen LogP contribution in [-0.2, 0) is 25.2 Å². The summed E-state index contributed by atoms with van der Waals surface area (Å²) < 4.78 is 5.25. The van der Waals surface area contributed by atoms with E-state index in [4.69, 9.17) is 53.5 Å². The SMILES string of the molecule is COc1ccc(C(=O)N2CC[C@](CCN3CCC(C(N)=O)(c4ccccc4)CC3)(c3ccc(Cl)c(Cl)c3)C2)cc1.O=C(O)C(=O)O. The fraction of sp³-hybridized carbons (Fsp3) is 0.353. The maximum atomic E-state index is 13.4. The lowest BCUT2D eigenvalue weighted by Crippen LogP contribution is -2.50. The van der Waals surface area contributed by atoms with Crippen molar-refractivity contribution in [3.05, 3.63) is 99.5 Å². The lowest BCUT2D eigenvalue weighted by molar-refractivity contribution is -0.159. The highest BCUT2D eigenvalue weighted by atomic mass is 35.5. The molecule has 2 heterocycles. The number of carbonyl (C=O) groups is 4. The molecule has 4 N–H and O–H groups in total. The van der Waals surface area contributed by atoms with Crippen LogP contribution < -0.4 is 10.5 Å². The van der Waals surface area contributed by atoms with Crippen LogP contribution in [0.5, 0.6) is 5.75 Å². The molecule has 3 aromatic rings. The summed E-state index contributed by atoms with van der Waals surface area (Å²) in [5.41, 5.74) is 7.81. The third-order valence-electron chi connectivity index (χ3n) is 9.11. The highest BCUT2D eigenvalue weighted by Crippen LogP contribution is 2.42. The van der Waals surface area contributed by atoms with Crippen molar-refractivity contribution in [1.29, 1.82) is 0 Å². The summed E-state index contributed by atoms with van der Waals surface area (Å²) >= 11 is 12.7. The molecule has 0 bridgehead atoms. The molecule has 46 heavy (non-hydrogen) atoms. The van der Waals surface area contributed by atoms with Gasteiger partial charge in [0.1, 0.15) is 5.75 Å². The number of ether oxygens (including phenoxy) is 1. The third-order valence-corrected chi connectivity index (χ3v) is 9.85. The first-order valence-electron chi connectivity index (χ1n) is 14.8.